The van der Waals surface area contributed by atoms with Crippen molar-refractivity contribution in [1.82, 2.24) is 24.5 Å². The number of thioether (sulfide) groups is 1. The molecular weight excluding hydrogens is 442 g/mol. The van der Waals surface area contributed by atoms with E-state index in [0.29, 0.717) is 22.7 Å². The van der Waals surface area contributed by atoms with E-state index in [1.165, 1.54) is 22.2 Å². The summed E-state index contributed by atoms with van der Waals surface area (Å²) in [5.41, 5.74) is 9.27. The summed E-state index contributed by atoms with van der Waals surface area (Å²) in [6.45, 7) is 2.10. The van der Waals surface area contributed by atoms with Gasteiger partial charge in [0.25, 0.3) is 5.56 Å². The molecule has 5 rings (SSSR count). The molecule has 0 fully saturated rings. The molecule has 0 aliphatic heterocycles. The molecule has 0 atom stereocenters. The lowest BCUT2D eigenvalue weighted by Crippen LogP contribution is -2.20. The fraction of sp³-hybridized carbons (Fsp3) is 0.318. The zero-order valence-corrected chi connectivity index (χ0v) is 19.5. The lowest BCUT2D eigenvalue weighted by atomic mass is 10.1. The van der Waals surface area contributed by atoms with Crippen LogP contribution in [-0.4, -0.2) is 24.5 Å². The molecule has 3 N–H and O–H groups in total. The number of fused-ring (bicyclic) bond motifs is 3. The molecule has 10 heteroatoms. The second-order valence-corrected chi connectivity index (χ2v) is 9.68. The van der Waals surface area contributed by atoms with Gasteiger partial charge in [0.15, 0.2) is 5.16 Å². The monoisotopic (exact) mass is 465 g/mol. The predicted octanol–water partition coefficient (Wildman–Crippen LogP) is 3.85. The minimum atomic E-state index is 0.0191. The van der Waals surface area contributed by atoms with E-state index < -0.39 is 0 Å². The van der Waals surface area contributed by atoms with Gasteiger partial charge in [-0.25, -0.2) is 4.98 Å². The van der Waals surface area contributed by atoms with E-state index in [0.717, 1.165) is 47.2 Å². The number of nitrogens with zero attached hydrogens (tertiary/aromatic N) is 5. The van der Waals surface area contributed by atoms with Crippen LogP contribution in [0.25, 0.3) is 10.2 Å². The highest BCUT2D eigenvalue weighted by Gasteiger charge is 2.22. The van der Waals surface area contributed by atoms with Gasteiger partial charge < -0.3 is 11.1 Å². The maximum Gasteiger partial charge on any atom is 0.262 e. The second kappa shape index (κ2) is 8.51. The number of hydrogen-bond donors (Lipinski definition) is 2. The van der Waals surface area contributed by atoms with Crippen LogP contribution in [0, 0.1) is 0 Å². The van der Waals surface area contributed by atoms with Gasteiger partial charge in [0, 0.05) is 17.6 Å². The highest BCUT2D eigenvalue weighted by molar-refractivity contribution is 7.98. The van der Waals surface area contributed by atoms with Gasteiger partial charge >= 0.3 is 0 Å². The molecule has 1 aliphatic carbocycles. The van der Waals surface area contributed by atoms with Crippen LogP contribution in [0.4, 0.5) is 17.6 Å². The minimum absolute atomic E-state index is 0.0191. The highest BCUT2D eigenvalue weighted by Crippen LogP contribution is 2.35. The summed E-state index contributed by atoms with van der Waals surface area (Å²) in [6, 6.07) is 8.02. The molecule has 0 spiro atoms. The Kier molecular flexibility index (Phi) is 5.56. The molecule has 0 unspecified atom stereocenters. The number of anilines is 3. The molecule has 0 bridgehead atoms. The number of aryl methyl sites for hydroxylation is 3. The molecule has 8 nitrogen and oxygen atoms in total. The smallest absolute Gasteiger partial charge is 0.262 e. The first-order chi connectivity index (χ1) is 15.5. The Balaban J connectivity index is 1.40. The number of rotatable bonds is 6. The van der Waals surface area contributed by atoms with E-state index in [1.807, 2.05) is 18.2 Å². The van der Waals surface area contributed by atoms with E-state index in [-0.39, 0.29) is 11.5 Å². The van der Waals surface area contributed by atoms with Crippen LogP contribution in [0.2, 0.25) is 0 Å². The molecule has 0 radical (unpaired) electrons. The summed E-state index contributed by atoms with van der Waals surface area (Å²) in [6.07, 6.45) is 4.03. The number of hydrogen-bond acceptors (Lipinski definition) is 9. The van der Waals surface area contributed by atoms with Crippen molar-refractivity contribution in [3.63, 3.8) is 0 Å². The van der Waals surface area contributed by atoms with Crippen LogP contribution < -0.4 is 16.6 Å². The fourth-order valence-corrected chi connectivity index (χ4v) is 6.12. The maximum atomic E-state index is 13.0. The average molecular weight is 466 g/mol. The van der Waals surface area contributed by atoms with Gasteiger partial charge in [-0.2, -0.15) is 15.0 Å². The first-order valence-electron chi connectivity index (χ1n) is 10.5. The molecule has 0 saturated carbocycles. The third kappa shape index (κ3) is 3.84. The average Bonchev–Trinajstić information content (AvgIpc) is 3.36. The molecule has 32 heavy (non-hydrogen) atoms. The van der Waals surface area contributed by atoms with E-state index in [9.17, 15) is 4.79 Å². The van der Waals surface area contributed by atoms with Gasteiger partial charge in [-0.3, -0.25) is 9.36 Å². The van der Waals surface area contributed by atoms with Crippen LogP contribution in [0.5, 0.6) is 0 Å². The summed E-state index contributed by atoms with van der Waals surface area (Å²) in [7, 11) is 1.77. The summed E-state index contributed by atoms with van der Waals surface area (Å²) < 4.78 is 1.62. The quantitative estimate of drug-likeness (QED) is 0.326. The summed E-state index contributed by atoms with van der Waals surface area (Å²) in [5.74, 6) is 1.51. The molecular formula is C22H23N7OS2. The van der Waals surface area contributed by atoms with Gasteiger partial charge in [-0.15, -0.1) is 11.3 Å². The topological polar surface area (TPSA) is 112 Å². The number of para-hydroxylation sites is 1. The second-order valence-electron chi connectivity index (χ2n) is 7.65. The van der Waals surface area contributed by atoms with Crippen LogP contribution in [0.3, 0.4) is 0 Å². The van der Waals surface area contributed by atoms with Gasteiger partial charge in [0.05, 0.1) is 11.1 Å². The van der Waals surface area contributed by atoms with Crippen molar-refractivity contribution in [1.29, 1.82) is 0 Å². The van der Waals surface area contributed by atoms with E-state index >= 15 is 0 Å². The fourth-order valence-electron chi connectivity index (χ4n) is 3.99. The third-order valence-corrected chi connectivity index (χ3v) is 7.79. The largest absolute Gasteiger partial charge is 0.368 e. The molecule has 3 aromatic heterocycles. The number of nitrogens with two attached hydrogens (primary N) is 1. The minimum Gasteiger partial charge on any atom is -0.368 e. The standard InChI is InChI=1S/C22H23N7OS2/c1-3-12-7-4-5-9-14(12)24-21-26-16(25-20(23)28-21)11-31-22-27-18-17(19(30)29(22)2)13-8-6-10-15(13)32-18/h4-5,7,9H,3,6,8,10-11H2,1-2H3,(H3,23,24,25,26,28). The lowest BCUT2D eigenvalue weighted by Gasteiger charge is -2.11. The van der Waals surface area contributed by atoms with Crippen molar-refractivity contribution < 1.29 is 0 Å². The van der Waals surface area contributed by atoms with Crippen LogP contribution in [-0.2, 0) is 32.1 Å². The van der Waals surface area contributed by atoms with Gasteiger partial charge in [-0.1, -0.05) is 36.9 Å². The number of aromatic nitrogens is 5. The first kappa shape index (κ1) is 20.9. The summed E-state index contributed by atoms with van der Waals surface area (Å²) >= 11 is 3.07. The molecule has 3 heterocycles. The molecule has 0 saturated heterocycles. The Morgan fingerprint density at radius 1 is 1.19 bits per heavy atom. The van der Waals surface area contributed by atoms with Crippen molar-refractivity contribution >= 4 is 50.9 Å². The van der Waals surface area contributed by atoms with Crippen molar-refractivity contribution in [3.8, 4) is 0 Å². The van der Waals surface area contributed by atoms with Gasteiger partial charge in [0.2, 0.25) is 11.9 Å². The van der Waals surface area contributed by atoms with Crippen molar-refractivity contribution in [2.45, 2.75) is 43.5 Å². The zero-order chi connectivity index (χ0) is 22.2. The van der Waals surface area contributed by atoms with Crippen molar-refractivity contribution in [3.05, 3.63) is 56.4 Å². The van der Waals surface area contributed by atoms with E-state index in [4.69, 9.17) is 10.7 Å². The Bertz CT molecular complexity index is 1380. The van der Waals surface area contributed by atoms with E-state index in [2.05, 4.69) is 33.3 Å². The molecule has 4 aromatic rings. The number of nitrogens with one attached hydrogen (secondary N) is 1. The summed E-state index contributed by atoms with van der Waals surface area (Å²) in [4.78, 5) is 32.9. The maximum absolute atomic E-state index is 13.0. The van der Waals surface area contributed by atoms with Gasteiger partial charge in [0.1, 0.15) is 10.7 Å². The van der Waals surface area contributed by atoms with Crippen LogP contribution >= 0.6 is 23.1 Å². The highest BCUT2D eigenvalue weighted by atomic mass is 32.2. The van der Waals surface area contributed by atoms with Crippen LogP contribution in [0.1, 0.15) is 35.2 Å². The Morgan fingerprint density at radius 2 is 2.03 bits per heavy atom. The number of thiophene rings is 1. The zero-order valence-electron chi connectivity index (χ0n) is 17.9. The molecule has 164 valence electrons. The normalized spacial score (nSPS) is 12.9. The predicted molar refractivity (Wildman–Crippen MR) is 130 cm³/mol. The van der Waals surface area contributed by atoms with Crippen molar-refractivity contribution in [2.75, 3.05) is 11.1 Å². The number of nitrogen functional groups attached to an aromatic ring is 1. The van der Waals surface area contributed by atoms with E-state index in [1.54, 1.807) is 23.0 Å². The first-order valence-corrected chi connectivity index (χ1v) is 12.3. The van der Waals surface area contributed by atoms with Crippen molar-refractivity contribution in [2.24, 2.45) is 7.05 Å². The molecule has 1 aliphatic rings. The van der Waals surface area contributed by atoms with Crippen LogP contribution in [0.15, 0.2) is 34.2 Å². The third-order valence-electron chi connectivity index (χ3n) is 5.58. The molecule has 0 amide bonds. The summed E-state index contributed by atoms with van der Waals surface area (Å²) in [5, 5.41) is 4.69. The Morgan fingerprint density at radius 3 is 2.88 bits per heavy atom. The Hall–Kier alpha value is -2.98. The number of benzene rings is 1. The lowest BCUT2D eigenvalue weighted by molar-refractivity contribution is 0.726. The van der Waals surface area contributed by atoms with Gasteiger partial charge in [-0.05, 0) is 42.9 Å². The SMILES string of the molecule is CCc1ccccc1Nc1nc(N)nc(CSc2nc3sc4c(c3c(=O)n2C)CCC4)n1. The molecule has 1 aromatic carbocycles. The Labute approximate surface area is 193 Å².